The van der Waals surface area contributed by atoms with Gasteiger partial charge in [-0.05, 0) is 37.0 Å². The number of alkyl halides is 6. The molecule has 3 nitrogen and oxygen atoms in total. The highest BCUT2D eigenvalue weighted by molar-refractivity contribution is 6.34. The minimum Gasteiger partial charge on any atom is -0.483 e. The van der Waals surface area contributed by atoms with Crippen LogP contribution in [0.1, 0.15) is 44.6 Å². The van der Waals surface area contributed by atoms with Crippen LogP contribution >= 0.6 is 11.6 Å². The first kappa shape index (κ1) is 25.2. The highest BCUT2D eigenvalue weighted by Gasteiger charge is 2.41. The highest BCUT2D eigenvalue weighted by Crippen LogP contribution is 2.45. The number of esters is 1. The van der Waals surface area contributed by atoms with E-state index >= 15 is 0 Å². The Labute approximate surface area is 191 Å². The van der Waals surface area contributed by atoms with Crippen LogP contribution in [0.3, 0.4) is 0 Å². The monoisotopic (exact) mass is 494 g/mol. The smallest absolute Gasteiger partial charge is 0.422 e. The van der Waals surface area contributed by atoms with Gasteiger partial charge in [-0.2, -0.15) is 26.3 Å². The maximum atomic E-state index is 12.9. The minimum atomic E-state index is -4.67. The Morgan fingerprint density at radius 2 is 1.64 bits per heavy atom. The Morgan fingerprint density at radius 1 is 1.03 bits per heavy atom. The Morgan fingerprint density at radius 3 is 2.15 bits per heavy atom. The molecule has 1 aliphatic carbocycles. The molecule has 3 rings (SSSR count). The van der Waals surface area contributed by atoms with Gasteiger partial charge in [0.2, 0.25) is 0 Å². The van der Waals surface area contributed by atoms with E-state index in [1.54, 1.807) is 0 Å². The zero-order valence-electron chi connectivity index (χ0n) is 17.6. The lowest BCUT2D eigenvalue weighted by Gasteiger charge is -2.25. The average Bonchev–Trinajstić information content (AvgIpc) is 3.21. The van der Waals surface area contributed by atoms with Gasteiger partial charge in [0.1, 0.15) is 11.5 Å². The SMILES string of the molecule is CCC1(C(=O)Oc2cc(Cl)c(-c3ccc(C(F)(F)F)cc3)c(OCC(F)(F)F)c2)CCCC1. The van der Waals surface area contributed by atoms with Crippen molar-refractivity contribution >= 4 is 17.6 Å². The zero-order chi connectivity index (χ0) is 24.4. The standard InChI is InChI=1S/C23H21ClF6O3/c1-2-21(9-3-4-10-21)20(31)33-16-11-17(24)19(18(12-16)32-13-22(25,26)27)14-5-7-15(8-6-14)23(28,29)30/h5-8,11-12H,2-4,9-10,13H2,1H3. The van der Waals surface area contributed by atoms with Crippen molar-refractivity contribution in [1.82, 2.24) is 0 Å². The lowest BCUT2D eigenvalue weighted by Crippen LogP contribution is -2.31. The van der Waals surface area contributed by atoms with Crippen LogP contribution in [0.4, 0.5) is 26.3 Å². The quantitative estimate of drug-likeness (QED) is 0.233. The molecule has 0 radical (unpaired) electrons. The topological polar surface area (TPSA) is 35.5 Å². The Hall–Kier alpha value is -2.42. The summed E-state index contributed by atoms with van der Waals surface area (Å²) < 4.78 is 87.4. The number of rotatable bonds is 6. The summed E-state index contributed by atoms with van der Waals surface area (Å²) in [6.45, 7) is 0.207. The van der Waals surface area contributed by atoms with Crippen LogP contribution in [0.2, 0.25) is 5.02 Å². The normalized spacial score (nSPS) is 16.0. The van der Waals surface area contributed by atoms with Crippen LogP contribution in [0.5, 0.6) is 11.5 Å². The first-order valence-corrected chi connectivity index (χ1v) is 10.7. The highest BCUT2D eigenvalue weighted by atomic mass is 35.5. The van der Waals surface area contributed by atoms with Crippen molar-refractivity contribution in [3.8, 4) is 22.6 Å². The Balaban J connectivity index is 1.98. The lowest BCUT2D eigenvalue weighted by molar-refractivity contribution is -0.153. The molecule has 0 atom stereocenters. The van der Waals surface area contributed by atoms with Crippen molar-refractivity contribution in [3.63, 3.8) is 0 Å². The molecule has 180 valence electrons. The van der Waals surface area contributed by atoms with Gasteiger partial charge in [-0.15, -0.1) is 0 Å². The van der Waals surface area contributed by atoms with Crippen molar-refractivity contribution in [2.24, 2.45) is 5.41 Å². The van der Waals surface area contributed by atoms with Gasteiger partial charge in [0.05, 0.1) is 16.0 Å². The maximum Gasteiger partial charge on any atom is 0.422 e. The maximum absolute atomic E-state index is 12.9. The third kappa shape index (κ3) is 5.93. The van der Waals surface area contributed by atoms with Crippen molar-refractivity contribution in [2.75, 3.05) is 6.61 Å². The van der Waals surface area contributed by atoms with Crippen LogP contribution in [0.15, 0.2) is 36.4 Å². The van der Waals surface area contributed by atoms with Crippen molar-refractivity contribution < 1.29 is 40.6 Å². The number of carbonyl (C=O) groups is 1. The molecule has 0 amide bonds. The van der Waals surface area contributed by atoms with E-state index in [9.17, 15) is 31.1 Å². The summed E-state index contributed by atoms with van der Waals surface area (Å²) in [5, 5.41) is -0.130. The van der Waals surface area contributed by atoms with Gasteiger partial charge in [0.25, 0.3) is 0 Å². The average molecular weight is 495 g/mol. The van der Waals surface area contributed by atoms with Crippen molar-refractivity contribution in [1.29, 1.82) is 0 Å². The van der Waals surface area contributed by atoms with Crippen LogP contribution in [-0.4, -0.2) is 18.8 Å². The van der Waals surface area contributed by atoms with E-state index in [1.165, 1.54) is 6.07 Å². The molecule has 0 aliphatic heterocycles. The fraction of sp³-hybridized carbons (Fsp3) is 0.435. The summed E-state index contributed by atoms with van der Waals surface area (Å²) in [4.78, 5) is 12.8. The molecule has 0 heterocycles. The summed E-state index contributed by atoms with van der Waals surface area (Å²) in [6, 6.07) is 6.09. The lowest BCUT2D eigenvalue weighted by atomic mass is 9.83. The van der Waals surface area contributed by atoms with Gasteiger partial charge in [-0.1, -0.05) is 43.5 Å². The molecule has 0 unspecified atom stereocenters. The summed E-state index contributed by atoms with van der Waals surface area (Å²) in [5.41, 5.74) is -1.51. The van der Waals surface area contributed by atoms with Crippen LogP contribution in [0, 0.1) is 5.41 Å². The van der Waals surface area contributed by atoms with Crippen LogP contribution in [0.25, 0.3) is 11.1 Å². The van der Waals surface area contributed by atoms with Gasteiger partial charge in [0, 0.05) is 17.7 Å². The summed E-state index contributed by atoms with van der Waals surface area (Å²) >= 11 is 6.29. The van der Waals surface area contributed by atoms with E-state index in [2.05, 4.69) is 0 Å². The minimum absolute atomic E-state index is 0.0412. The van der Waals surface area contributed by atoms with Gasteiger partial charge in [0.15, 0.2) is 6.61 Å². The molecular weight excluding hydrogens is 474 g/mol. The van der Waals surface area contributed by atoms with Crippen molar-refractivity contribution in [2.45, 2.75) is 51.4 Å². The fourth-order valence-electron chi connectivity index (χ4n) is 3.97. The predicted octanol–water partition coefficient (Wildman–Crippen LogP) is 7.84. The van der Waals surface area contributed by atoms with Crippen LogP contribution in [-0.2, 0) is 11.0 Å². The fourth-order valence-corrected chi connectivity index (χ4v) is 4.28. The molecule has 1 fully saturated rings. The summed E-state index contributed by atoms with van der Waals surface area (Å²) in [7, 11) is 0. The number of ether oxygens (including phenoxy) is 2. The predicted molar refractivity (Wildman–Crippen MR) is 110 cm³/mol. The molecule has 2 aromatic carbocycles. The molecule has 0 saturated heterocycles. The first-order valence-electron chi connectivity index (χ1n) is 10.3. The molecule has 10 heteroatoms. The number of benzene rings is 2. The van der Waals surface area contributed by atoms with E-state index in [1.807, 2.05) is 6.92 Å². The molecule has 2 aromatic rings. The van der Waals surface area contributed by atoms with Gasteiger partial charge >= 0.3 is 18.3 Å². The van der Waals surface area contributed by atoms with E-state index < -0.39 is 35.9 Å². The van der Waals surface area contributed by atoms with Crippen LogP contribution < -0.4 is 9.47 Å². The molecule has 0 spiro atoms. The molecule has 1 aliphatic rings. The van der Waals surface area contributed by atoms with Gasteiger partial charge in [-0.3, -0.25) is 4.79 Å². The second-order valence-electron chi connectivity index (χ2n) is 7.99. The number of halogens is 7. The zero-order valence-corrected chi connectivity index (χ0v) is 18.3. The third-order valence-corrected chi connectivity index (χ3v) is 6.10. The third-order valence-electron chi connectivity index (χ3n) is 5.80. The second kappa shape index (κ2) is 9.44. The van der Waals surface area contributed by atoms with E-state index in [0.717, 1.165) is 43.2 Å². The Bertz CT molecular complexity index is 993. The van der Waals surface area contributed by atoms with E-state index in [0.29, 0.717) is 19.3 Å². The molecule has 0 bridgehead atoms. The van der Waals surface area contributed by atoms with E-state index in [-0.39, 0.29) is 27.6 Å². The molecule has 0 aromatic heterocycles. The Kier molecular flexibility index (Phi) is 7.21. The first-order chi connectivity index (χ1) is 15.3. The second-order valence-corrected chi connectivity index (χ2v) is 8.39. The van der Waals surface area contributed by atoms with Gasteiger partial charge < -0.3 is 9.47 Å². The summed E-state index contributed by atoms with van der Waals surface area (Å²) in [5.74, 6) is -0.959. The van der Waals surface area contributed by atoms with Crippen molar-refractivity contribution in [3.05, 3.63) is 47.0 Å². The number of hydrogen-bond acceptors (Lipinski definition) is 3. The molecule has 0 N–H and O–H groups in total. The molecule has 33 heavy (non-hydrogen) atoms. The number of hydrogen-bond donors (Lipinski definition) is 0. The molecular formula is C23H21ClF6O3. The number of carbonyl (C=O) groups excluding carboxylic acids is 1. The summed E-state index contributed by atoms with van der Waals surface area (Å²) in [6.07, 6.45) is -5.65. The molecule has 1 saturated carbocycles. The largest absolute Gasteiger partial charge is 0.483 e. The van der Waals surface area contributed by atoms with E-state index in [4.69, 9.17) is 21.1 Å². The van der Waals surface area contributed by atoms with Gasteiger partial charge in [-0.25, -0.2) is 0 Å².